The number of rotatable bonds is 4. The van der Waals surface area contributed by atoms with Gasteiger partial charge in [-0.1, -0.05) is 12.1 Å². The van der Waals surface area contributed by atoms with Crippen LogP contribution in [0, 0.1) is 6.92 Å². The smallest absolute Gasteiger partial charge is 0.337 e. The van der Waals surface area contributed by atoms with Gasteiger partial charge in [-0.2, -0.15) is 5.10 Å². The van der Waals surface area contributed by atoms with Crippen molar-refractivity contribution in [3.05, 3.63) is 51.3 Å². The van der Waals surface area contributed by atoms with E-state index in [4.69, 9.17) is 0 Å². The number of carbonyl (C=O) groups is 2. The van der Waals surface area contributed by atoms with Gasteiger partial charge in [-0.25, -0.2) is 4.79 Å². The van der Waals surface area contributed by atoms with Gasteiger partial charge in [-0.3, -0.25) is 9.89 Å². The second-order valence-corrected chi connectivity index (χ2v) is 5.60. The number of ether oxygens (including phenoxy) is 1. The van der Waals surface area contributed by atoms with Gasteiger partial charge in [-0.15, -0.1) is 0 Å². The molecule has 0 aliphatic rings. The molecule has 0 aliphatic heterocycles. The highest BCUT2D eigenvalue weighted by Crippen LogP contribution is 2.20. The molecule has 116 valence electrons. The van der Waals surface area contributed by atoms with Crippen LogP contribution in [0.3, 0.4) is 0 Å². The molecular formula is C15H16BrN3O3. The number of halogens is 1. The van der Waals surface area contributed by atoms with Crippen molar-refractivity contribution in [1.82, 2.24) is 15.5 Å². The van der Waals surface area contributed by atoms with E-state index in [9.17, 15) is 9.59 Å². The Labute approximate surface area is 136 Å². The number of carbonyl (C=O) groups excluding carboxylic acids is 2. The van der Waals surface area contributed by atoms with Crippen molar-refractivity contribution in [2.45, 2.75) is 19.9 Å². The number of aryl methyl sites for hydroxylation is 1. The van der Waals surface area contributed by atoms with E-state index in [1.54, 1.807) is 31.2 Å². The van der Waals surface area contributed by atoms with E-state index in [-0.39, 0.29) is 17.9 Å². The lowest BCUT2D eigenvalue weighted by atomic mass is 10.1. The third kappa shape index (κ3) is 3.36. The number of H-pyrrole nitrogens is 1. The van der Waals surface area contributed by atoms with E-state index in [0.29, 0.717) is 15.7 Å². The summed E-state index contributed by atoms with van der Waals surface area (Å²) in [7, 11) is 1.34. The Morgan fingerprint density at radius 1 is 1.32 bits per heavy atom. The number of methoxy groups -OCH3 is 1. The van der Waals surface area contributed by atoms with Gasteiger partial charge in [0, 0.05) is 0 Å². The Bertz CT molecular complexity index is 695. The molecule has 0 saturated heterocycles. The maximum Gasteiger partial charge on any atom is 0.337 e. The fraction of sp³-hybridized carbons (Fsp3) is 0.267. The minimum atomic E-state index is -0.389. The second-order valence-electron chi connectivity index (χ2n) is 4.81. The maximum atomic E-state index is 12.2. The van der Waals surface area contributed by atoms with Crippen LogP contribution in [-0.2, 0) is 4.74 Å². The van der Waals surface area contributed by atoms with Gasteiger partial charge in [0.1, 0.15) is 5.69 Å². The zero-order chi connectivity index (χ0) is 16.3. The number of hydrogen-bond donors (Lipinski definition) is 2. The first-order valence-corrected chi connectivity index (χ1v) is 7.43. The summed E-state index contributed by atoms with van der Waals surface area (Å²) in [5.74, 6) is -0.642. The number of aromatic amines is 1. The highest BCUT2D eigenvalue weighted by atomic mass is 79.9. The van der Waals surface area contributed by atoms with Crippen LogP contribution in [0.4, 0.5) is 0 Å². The van der Waals surface area contributed by atoms with Crippen LogP contribution in [-0.4, -0.2) is 29.2 Å². The van der Waals surface area contributed by atoms with Crippen LogP contribution >= 0.6 is 15.9 Å². The molecule has 6 nitrogen and oxygen atoms in total. The zero-order valence-electron chi connectivity index (χ0n) is 12.4. The van der Waals surface area contributed by atoms with Gasteiger partial charge in [-0.05, 0) is 47.5 Å². The van der Waals surface area contributed by atoms with Gasteiger partial charge in [0.05, 0.1) is 28.9 Å². The first kappa shape index (κ1) is 16.2. The van der Waals surface area contributed by atoms with Crippen LogP contribution in [0.15, 0.2) is 28.7 Å². The molecule has 22 heavy (non-hydrogen) atoms. The van der Waals surface area contributed by atoms with Crippen molar-refractivity contribution >= 4 is 27.8 Å². The second kappa shape index (κ2) is 6.74. The SMILES string of the molecule is COC(=O)c1ccc([C@H](C)NC(=O)c2[nH]nc(C)c2Br)cc1. The quantitative estimate of drug-likeness (QED) is 0.815. The van der Waals surface area contributed by atoms with Crippen LogP contribution in [0.5, 0.6) is 0 Å². The van der Waals surface area contributed by atoms with Gasteiger partial charge in [0.15, 0.2) is 0 Å². The number of esters is 1. The van der Waals surface area contributed by atoms with Crippen LogP contribution in [0.2, 0.25) is 0 Å². The summed E-state index contributed by atoms with van der Waals surface area (Å²) in [4.78, 5) is 23.6. The van der Waals surface area contributed by atoms with Gasteiger partial charge in [0.2, 0.25) is 0 Å². The van der Waals surface area contributed by atoms with Gasteiger partial charge in [0.25, 0.3) is 5.91 Å². The Morgan fingerprint density at radius 3 is 2.45 bits per heavy atom. The first-order chi connectivity index (χ1) is 10.4. The Morgan fingerprint density at radius 2 is 1.95 bits per heavy atom. The number of hydrogen-bond acceptors (Lipinski definition) is 4. The average Bonchev–Trinajstić information content (AvgIpc) is 2.86. The number of benzene rings is 1. The summed E-state index contributed by atoms with van der Waals surface area (Å²) in [5, 5.41) is 9.54. The van der Waals surface area contributed by atoms with Gasteiger partial charge < -0.3 is 10.1 Å². The topological polar surface area (TPSA) is 84.1 Å². The van der Waals surface area contributed by atoms with Crippen molar-refractivity contribution in [2.24, 2.45) is 0 Å². The summed E-state index contributed by atoms with van der Waals surface area (Å²) in [6, 6.07) is 6.68. The van der Waals surface area contributed by atoms with Crippen molar-refractivity contribution < 1.29 is 14.3 Å². The lowest BCUT2D eigenvalue weighted by Gasteiger charge is -2.14. The molecular weight excluding hydrogens is 350 g/mol. The molecule has 1 amide bonds. The van der Waals surface area contributed by atoms with Crippen LogP contribution in [0.1, 0.15) is 45.1 Å². The highest BCUT2D eigenvalue weighted by molar-refractivity contribution is 9.10. The molecule has 0 unspecified atom stereocenters. The van der Waals surface area contributed by atoms with E-state index in [1.807, 2.05) is 6.92 Å². The summed E-state index contributed by atoms with van der Waals surface area (Å²) in [6.07, 6.45) is 0. The third-order valence-corrected chi connectivity index (χ3v) is 4.25. The lowest BCUT2D eigenvalue weighted by molar-refractivity contribution is 0.0600. The number of aromatic nitrogens is 2. The monoisotopic (exact) mass is 365 g/mol. The number of nitrogens with zero attached hydrogens (tertiary/aromatic N) is 1. The fourth-order valence-corrected chi connectivity index (χ4v) is 2.30. The number of nitrogens with one attached hydrogen (secondary N) is 2. The van der Waals surface area contributed by atoms with Crippen LogP contribution in [0.25, 0.3) is 0 Å². The molecule has 2 aromatic rings. The summed E-state index contributed by atoms with van der Waals surface area (Å²) in [6.45, 7) is 3.66. The Kier molecular flexibility index (Phi) is 4.97. The molecule has 0 saturated carbocycles. The van der Waals surface area contributed by atoms with Crippen molar-refractivity contribution in [1.29, 1.82) is 0 Å². The third-order valence-electron chi connectivity index (χ3n) is 3.28. The molecule has 0 aliphatic carbocycles. The molecule has 1 heterocycles. The minimum absolute atomic E-state index is 0.213. The zero-order valence-corrected chi connectivity index (χ0v) is 14.0. The lowest BCUT2D eigenvalue weighted by Crippen LogP contribution is -2.27. The van der Waals surface area contributed by atoms with Crippen molar-refractivity contribution in [3.63, 3.8) is 0 Å². The van der Waals surface area contributed by atoms with Crippen molar-refractivity contribution in [2.75, 3.05) is 7.11 Å². The summed E-state index contributed by atoms with van der Waals surface area (Å²) >= 11 is 3.32. The molecule has 2 rings (SSSR count). The normalized spacial score (nSPS) is 11.8. The fourth-order valence-electron chi connectivity index (χ4n) is 1.95. The molecule has 0 fully saturated rings. The molecule has 1 aromatic heterocycles. The Hall–Kier alpha value is -2.15. The standard InChI is InChI=1S/C15H16BrN3O3/c1-8(10-4-6-11(7-5-10)15(21)22-3)17-14(20)13-12(16)9(2)18-19-13/h4-8H,1-3H3,(H,17,20)(H,18,19)/t8-/m0/s1. The van der Waals surface area contributed by atoms with Crippen molar-refractivity contribution in [3.8, 4) is 0 Å². The molecule has 0 radical (unpaired) electrons. The molecule has 7 heteroatoms. The van der Waals surface area contributed by atoms with E-state index >= 15 is 0 Å². The average molecular weight is 366 g/mol. The summed E-state index contributed by atoms with van der Waals surface area (Å²) < 4.78 is 5.30. The van der Waals surface area contributed by atoms with E-state index in [1.165, 1.54) is 7.11 Å². The minimum Gasteiger partial charge on any atom is -0.465 e. The van der Waals surface area contributed by atoms with E-state index < -0.39 is 0 Å². The Balaban J connectivity index is 2.08. The molecule has 2 N–H and O–H groups in total. The molecule has 0 spiro atoms. The van der Waals surface area contributed by atoms with E-state index in [2.05, 4.69) is 36.2 Å². The van der Waals surface area contributed by atoms with Crippen LogP contribution < -0.4 is 5.32 Å². The maximum absolute atomic E-state index is 12.2. The number of amides is 1. The summed E-state index contributed by atoms with van der Waals surface area (Å²) in [5.41, 5.74) is 2.46. The molecule has 1 atom stereocenters. The van der Waals surface area contributed by atoms with Gasteiger partial charge >= 0.3 is 5.97 Å². The predicted molar refractivity (Wildman–Crippen MR) is 84.7 cm³/mol. The molecule has 1 aromatic carbocycles. The first-order valence-electron chi connectivity index (χ1n) is 6.63. The molecule has 0 bridgehead atoms. The predicted octanol–water partition coefficient (Wildman–Crippen LogP) is 2.76. The largest absolute Gasteiger partial charge is 0.465 e. The van der Waals surface area contributed by atoms with E-state index in [0.717, 1.165) is 11.3 Å². The highest BCUT2D eigenvalue weighted by Gasteiger charge is 2.17.